The van der Waals surface area contributed by atoms with Crippen molar-refractivity contribution < 1.29 is 14.3 Å². The van der Waals surface area contributed by atoms with Crippen molar-refractivity contribution in [2.24, 2.45) is 0 Å². The number of nitrogens with one attached hydrogen (secondary N) is 2. The van der Waals surface area contributed by atoms with Crippen molar-refractivity contribution in [3.63, 3.8) is 0 Å². The van der Waals surface area contributed by atoms with Gasteiger partial charge in [0.05, 0.1) is 6.10 Å². The molecule has 1 atom stereocenters. The Bertz CT molecular complexity index is 1020. The summed E-state index contributed by atoms with van der Waals surface area (Å²) >= 11 is 0. The highest BCUT2D eigenvalue weighted by Gasteiger charge is 2.23. The van der Waals surface area contributed by atoms with Gasteiger partial charge in [0, 0.05) is 50.5 Å². The minimum absolute atomic E-state index is 0.00841. The van der Waals surface area contributed by atoms with Gasteiger partial charge in [-0.15, -0.1) is 0 Å². The zero-order valence-corrected chi connectivity index (χ0v) is 19.6. The third-order valence-electron chi connectivity index (χ3n) is 6.62. The molecule has 0 aromatic carbocycles. The van der Waals surface area contributed by atoms with Gasteiger partial charge >= 0.3 is 0 Å². The predicted molar refractivity (Wildman–Crippen MR) is 129 cm³/mol. The minimum Gasteiger partial charge on any atom is -0.376 e. The van der Waals surface area contributed by atoms with Crippen LogP contribution in [0.5, 0.6) is 0 Å². The van der Waals surface area contributed by atoms with Crippen molar-refractivity contribution in [3.05, 3.63) is 63.8 Å². The standard InChI is InChI=1S/C26H34N4O4/c31-24-22(25(32)28-15-19-8-6-12-27-14-19)17-30(16-21-11-7-13-34-21)18-23(24)26(33)29-20-9-4-2-1-3-5-10-20/h6,8,12,14,17-18,20-21H,1-5,7,9-11,13,15-16H2,(H,28,32)(H,29,33)/t21-/m1/s1. The van der Waals surface area contributed by atoms with E-state index < -0.39 is 17.2 Å². The molecule has 8 heteroatoms. The van der Waals surface area contributed by atoms with Gasteiger partial charge in [-0.25, -0.2) is 0 Å². The molecule has 1 aliphatic heterocycles. The zero-order chi connectivity index (χ0) is 23.8. The van der Waals surface area contributed by atoms with E-state index in [2.05, 4.69) is 15.6 Å². The van der Waals surface area contributed by atoms with Crippen LogP contribution in [0.1, 0.15) is 84.1 Å². The number of hydrogen-bond acceptors (Lipinski definition) is 5. The normalized spacial score (nSPS) is 19.2. The fourth-order valence-electron chi connectivity index (χ4n) is 4.73. The monoisotopic (exact) mass is 466 g/mol. The van der Waals surface area contributed by atoms with Crippen molar-refractivity contribution in [3.8, 4) is 0 Å². The zero-order valence-electron chi connectivity index (χ0n) is 19.6. The van der Waals surface area contributed by atoms with Crippen LogP contribution >= 0.6 is 0 Å². The van der Waals surface area contributed by atoms with E-state index in [-0.39, 0.29) is 29.8 Å². The number of hydrogen-bond donors (Lipinski definition) is 2. The fourth-order valence-corrected chi connectivity index (χ4v) is 4.73. The molecule has 4 rings (SSSR count). The summed E-state index contributed by atoms with van der Waals surface area (Å²) in [7, 11) is 0. The SMILES string of the molecule is O=C(NCc1cccnc1)c1cn(C[C@H]2CCCO2)cc(C(=O)NC2CCCCCCC2)c1=O. The van der Waals surface area contributed by atoms with E-state index in [0.717, 1.165) is 44.1 Å². The number of carbonyl (C=O) groups excluding carboxylic acids is 2. The third kappa shape index (κ3) is 6.53. The molecular weight excluding hydrogens is 432 g/mol. The summed E-state index contributed by atoms with van der Waals surface area (Å²) in [6.45, 7) is 1.45. The molecule has 2 N–H and O–H groups in total. The van der Waals surface area contributed by atoms with E-state index in [9.17, 15) is 14.4 Å². The fraction of sp³-hybridized carbons (Fsp3) is 0.538. The lowest BCUT2D eigenvalue weighted by Gasteiger charge is -2.21. The maximum absolute atomic E-state index is 13.2. The second-order valence-corrected chi connectivity index (χ2v) is 9.31. The molecule has 2 fully saturated rings. The molecule has 1 aliphatic carbocycles. The summed E-state index contributed by atoms with van der Waals surface area (Å²) in [5.41, 5.74) is 0.255. The Hall–Kier alpha value is -3.00. The molecule has 1 saturated heterocycles. The molecule has 0 bridgehead atoms. The minimum atomic E-state index is -0.546. The van der Waals surface area contributed by atoms with Crippen molar-refractivity contribution >= 4 is 11.8 Å². The molecule has 0 unspecified atom stereocenters. The van der Waals surface area contributed by atoms with Crippen LogP contribution in [-0.4, -0.2) is 40.1 Å². The van der Waals surface area contributed by atoms with Crippen molar-refractivity contribution in [2.75, 3.05) is 6.61 Å². The predicted octanol–water partition coefficient (Wildman–Crippen LogP) is 3.20. The molecular formula is C26H34N4O4. The first-order chi connectivity index (χ1) is 16.6. The van der Waals surface area contributed by atoms with Gasteiger partial charge < -0.3 is 19.9 Å². The molecule has 0 spiro atoms. The highest BCUT2D eigenvalue weighted by Crippen LogP contribution is 2.18. The van der Waals surface area contributed by atoms with Gasteiger partial charge in [-0.1, -0.05) is 38.2 Å². The number of nitrogens with zero attached hydrogens (tertiary/aromatic N) is 2. The maximum Gasteiger partial charge on any atom is 0.257 e. The van der Waals surface area contributed by atoms with Crippen LogP contribution in [0.15, 0.2) is 41.7 Å². The van der Waals surface area contributed by atoms with Crippen molar-refractivity contribution in [1.29, 1.82) is 0 Å². The lowest BCUT2D eigenvalue weighted by Crippen LogP contribution is -2.40. The summed E-state index contributed by atoms with van der Waals surface area (Å²) in [5, 5.41) is 5.85. The maximum atomic E-state index is 13.2. The molecule has 2 aliphatic rings. The van der Waals surface area contributed by atoms with Crippen LogP contribution < -0.4 is 16.1 Å². The Morgan fingerprint density at radius 2 is 1.74 bits per heavy atom. The number of rotatable bonds is 7. The molecule has 182 valence electrons. The van der Waals surface area contributed by atoms with Gasteiger partial charge in [-0.05, 0) is 37.3 Å². The summed E-state index contributed by atoms with van der Waals surface area (Å²) < 4.78 is 7.49. The van der Waals surface area contributed by atoms with Crippen molar-refractivity contribution in [2.45, 2.75) is 83.0 Å². The molecule has 1 saturated carbocycles. The second kappa shape index (κ2) is 11.9. The number of carbonyl (C=O) groups is 2. The largest absolute Gasteiger partial charge is 0.376 e. The topological polar surface area (TPSA) is 102 Å². The molecule has 8 nitrogen and oxygen atoms in total. The van der Waals surface area contributed by atoms with E-state index >= 15 is 0 Å². The van der Waals surface area contributed by atoms with Gasteiger partial charge in [0.15, 0.2) is 0 Å². The molecule has 2 aromatic heterocycles. The second-order valence-electron chi connectivity index (χ2n) is 9.31. The quantitative estimate of drug-likeness (QED) is 0.652. The Morgan fingerprint density at radius 3 is 2.41 bits per heavy atom. The van der Waals surface area contributed by atoms with Crippen LogP contribution in [0.4, 0.5) is 0 Å². The Morgan fingerprint density at radius 1 is 1.00 bits per heavy atom. The molecule has 3 heterocycles. The lowest BCUT2D eigenvalue weighted by atomic mass is 9.96. The van der Waals surface area contributed by atoms with Gasteiger partial charge in [0.25, 0.3) is 11.8 Å². The molecule has 2 amide bonds. The number of pyridine rings is 2. The van der Waals surface area contributed by atoms with E-state index in [4.69, 9.17) is 4.74 Å². The summed E-state index contributed by atoms with van der Waals surface area (Å²) in [6.07, 6.45) is 15.9. The van der Waals surface area contributed by atoms with Gasteiger partial charge in [0.2, 0.25) is 5.43 Å². The summed E-state index contributed by atoms with van der Waals surface area (Å²) in [6, 6.07) is 3.69. The molecule has 0 radical (unpaired) electrons. The van der Waals surface area contributed by atoms with Gasteiger partial charge in [-0.3, -0.25) is 19.4 Å². The number of amides is 2. The first kappa shape index (κ1) is 24.1. The molecule has 2 aromatic rings. The van der Waals surface area contributed by atoms with Gasteiger partial charge in [0.1, 0.15) is 11.1 Å². The van der Waals surface area contributed by atoms with Crippen LogP contribution in [0.2, 0.25) is 0 Å². The summed E-state index contributed by atoms with van der Waals surface area (Å²) in [5.74, 6) is -0.908. The van der Waals surface area contributed by atoms with E-state index in [1.165, 1.54) is 25.5 Å². The van der Waals surface area contributed by atoms with E-state index in [1.807, 2.05) is 6.07 Å². The van der Waals surface area contributed by atoms with Crippen molar-refractivity contribution in [1.82, 2.24) is 20.2 Å². The third-order valence-corrected chi connectivity index (χ3v) is 6.62. The Labute approximate surface area is 200 Å². The first-order valence-corrected chi connectivity index (χ1v) is 12.4. The highest BCUT2D eigenvalue weighted by atomic mass is 16.5. The average Bonchev–Trinajstić information content (AvgIpc) is 3.34. The van der Waals surface area contributed by atoms with E-state index in [1.54, 1.807) is 29.2 Å². The van der Waals surface area contributed by atoms with E-state index in [0.29, 0.717) is 13.2 Å². The van der Waals surface area contributed by atoms with Crippen LogP contribution in [-0.2, 0) is 17.8 Å². The Kier molecular flexibility index (Phi) is 8.46. The summed E-state index contributed by atoms with van der Waals surface area (Å²) in [4.78, 5) is 43.4. The van der Waals surface area contributed by atoms with Crippen LogP contribution in [0, 0.1) is 0 Å². The average molecular weight is 467 g/mol. The number of aromatic nitrogens is 2. The van der Waals surface area contributed by atoms with Crippen LogP contribution in [0.3, 0.4) is 0 Å². The molecule has 34 heavy (non-hydrogen) atoms. The first-order valence-electron chi connectivity index (χ1n) is 12.4. The van der Waals surface area contributed by atoms with Crippen LogP contribution in [0.25, 0.3) is 0 Å². The lowest BCUT2D eigenvalue weighted by molar-refractivity contribution is 0.0914. The highest BCUT2D eigenvalue weighted by molar-refractivity contribution is 5.99. The number of ether oxygens (including phenoxy) is 1. The smallest absolute Gasteiger partial charge is 0.257 e. The Balaban J connectivity index is 1.55. The van der Waals surface area contributed by atoms with Gasteiger partial charge in [-0.2, -0.15) is 0 Å².